The van der Waals surface area contributed by atoms with Gasteiger partial charge in [-0.2, -0.15) is 0 Å². The van der Waals surface area contributed by atoms with Crippen LogP contribution in [0.3, 0.4) is 0 Å². The number of rotatable bonds is 6. The molecule has 0 aliphatic rings. The van der Waals surface area contributed by atoms with Gasteiger partial charge < -0.3 is 9.80 Å². The molecule has 0 spiro atoms. The van der Waals surface area contributed by atoms with E-state index in [2.05, 4.69) is 168 Å². The Balaban J connectivity index is 1.51. The van der Waals surface area contributed by atoms with Gasteiger partial charge in [0.25, 0.3) is 0 Å². The highest BCUT2D eigenvalue weighted by Gasteiger charge is 2.17. The predicted octanol–water partition coefficient (Wildman–Crippen LogP) is 9.78. The molecular weight excluding hydrogens is 436 g/mol. The highest BCUT2D eigenvalue weighted by atomic mass is 15.1. The summed E-state index contributed by atoms with van der Waals surface area (Å²) in [5.74, 6) is 0. The quantitative estimate of drug-likeness (QED) is 0.243. The van der Waals surface area contributed by atoms with Gasteiger partial charge in [-0.15, -0.1) is 0 Å². The van der Waals surface area contributed by atoms with Crippen LogP contribution in [0.15, 0.2) is 158 Å². The zero-order chi connectivity index (χ0) is 24.2. The standard InChI is InChI=1S/C34H26N2/c1-5-15-28(16-6-1)35(29-17-7-2-8-18-29)32-24-25-33-27(26-32)14-13-23-34(33)36(30-19-9-3-10-20-30)31-21-11-4-12-22-31/h1-26H. The van der Waals surface area contributed by atoms with Crippen LogP contribution in [0.5, 0.6) is 0 Å². The fraction of sp³-hybridized carbons (Fsp3) is 0. The summed E-state index contributed by atoms with van der Waals surface area (Å²) in [6.07, 6.45) is 0. The minimum Gasteiger partial charge on any atom is -0.310 e. The van der Waals surface area contributed by atoms with Gasteiger partial charge in [0, 0.05) is 33.8 Å². The number of para-hydroxylation sites is 4. The second-order valence-corrected chi connectivity index (χ2v) is 8.70. The van der Waals surface area contributed by atoms with E-state index in [1.807, 2.05) is 0 Å². The minimum absolute atomic E-state index is 1.13. The third kappa shape index (κ3) is 4.21. The van der Waals surface area contributed by atoms with Crippen LogP contribution < -0.4 is 9.80 Å². The van der Waals surface area contributed by atoms with Crippen molar-refractivity contribution < 1.29 is 0 Å². The summed E-state index contributed by atoms with van der Waals surface area (Å²) in [5, 5.41) is 2.40. The third-order valence-electron chi connectivity index (χ3n) is 6.40. The van der Waals surface area contributed by atoms with Gasteiger partial charge in [0.2, 0.25) is 0 Å². The van der Waals surface area contributed by atoms with E-state index >= 15 is 0 Å². The molecule has 0 N–H and O–H groups in total. The first-order valence-corrected chi connectivity index (χ1v) is 12.2. The lowest BCUT2D eigenvalue weighted by Gasteiger charge is -2.28. The number of benzene rings is 6. The van der Waals surface area contributed by atoms with Crippen molar-refractivity contribution in [3.8, 4) is 0 Å². The second-order valence-electron chi connectivity index (χ2n) is 8.70. The van der Waals surface area contributed by atoms with E-state index in [1.54, 1.807) is 0 Å². The molecule has 6 aromatic carbocycles. The summed E-state index contributed by atoms with van der Waals surface area (Å²) in [6.45, 7) is 0. The molecule has 0 aliphatic heterocycles. The molecule has 36 heavy (non-hydrogen) atoms. The summed E-state index contributed by atoms with van der Waals surface area (Å²) in [5.41, 5.74) is 6.82. The molecule has 0 saturated heterocycles. The largest absolute Gasteiger partial charge is 0.310 e. The first-order chi connectivity index (χ1) is 17.9. The Labute approximate surface area is 212 Å². The van der Waals surface area contributed by atoms with Gasteiger partial charge in [0.15, 0.2) is 0 Å². The highest BCUT2D eigenvalue weighted by Crippen LogP contribution is 2.41. The summed E-state index contributed by atoms with van der Waals surface area (Å²) in [6, 6.07) is 55.5. The number of anilines is 6. The normalized spacial score (nSPS) is 10.8. The van der Waals surface area contributed by atoms with Crippen molar-refractivity contribution in [3.05, 3.63) is 158 Å². The Morgan fingerprint density at radius 2 is 0.750 bits per heavy atom. The van der Waals surface area contributed by atoms with Gasteiger partial charge in [-0.25, -0.2) is 0 Å². The summed E-state index contributed by atoms with van der Waals surface area (Å²) in [4.78, 5) is 4.63. The van der Waals surface area contributed by atoms with Crippen molar-refractivity contribution in [2.75, 3.05) is 9.80 Å². The van der Waals surface area contributed by atoms with E-state index in [-0.39, 0.29) is 0 Å². The van der Waals surface area contributed by atoms with E-state index in [0.717, 1.165) is 34.1 Å². The monoisotopic (exact) mass is 462 g/mol. The Bertz CT molecular complexity index is 1480. The molecule has 0 atom stereocenters. The molecule has 172 valence electrons. The molecule has 0 bridgehead atoms. The number of fused-ring (bicyclic) bond motifs is 1. The van der Waals surface area contributed by atoms with Gasteiger partial charge in [-0.05, 0) is 72.1 Å². The molecule has 0 fully saturated rings. The van der Waals surface area contributed by atoms with Gasteiger partial charge in [0.1, 0.15) is 0 Å². The molecule has 0 unspecified atom stereocenters. The van der Waals surface area contributed by atoms with Crippen molar-refractivity contribution in [1.29, 1.82) is 0 Å². The molecule has 0 aliphatic carbocycles. The molecule has 0 saturated carbocycles. The summed E-state index contributed by atoms with van der Waals surface area (Å²) < 4.78 is 0. The highest BCUT2D eigenvalue weighted by molar-refractivity contribution is 6.01. The van der Waals surface area contributed by atoms with Crippen LogP contribution in [0.4, 0.5) is 34.1 Å². The average molecular weight is 463 g/mol. The lowest BCUT2D eigenvalue weighted by molar-refractivity contribution is 1.28. The van der Waals surface area contributed by atoms with Crippen LogP contribution >= 0.6 is 0 Å². The molecule has 6 rings (SSSR count). The van der Waals surface area contributed by atoms with Crippen molar-refractivity contribution >= 4 is 44.9 Å². The average Bonchev–Trinajstić information content (AvgIpc) is 2.96. The van der Waals surface area contributed by atoms with E-state index in [4.69, 9.17) is 0 Å². The molecular formula is C34H26N2. The maximum absolute atomic E-state index is 2.33. The van der Waals surface area contributed by atoms with Crippen molar-refractivity contribution in [2.24, 2.45) is 0 Å². The van der Waals surface area contributed by atoms with Crippen molar-refractivity contribution in [2.45, 2.75) is 0 Å². The van der Waals surface area contributed by atoms with Crippen molar-refractivity contribution in [3.63, 3.8) is 0 Å². The van der Waals surface area contributed by atoms with E-state index < -0.39 is 0 Å². The van der Waals surface area contributed by atoms with Gasteiger partial charge in [0.05, 0.1) is 5.69 Å². The zero-order valence-electron chi connectivity index (χ0n) is 19.9. The van der Waals surface area contributed by atoms with Gasteiger partial charge in [-0.3, -0.25) is 0 Å². The Hall–Kier alpha value is -4.82. The zero-order valence-corrected chi connectivity index (χ0v) is 19.9. The Morgan fingerprint density at radius 3 is 1.22 bits per heavy atom. The number of hydrogen-bond donors (Lipinski definition) is 0. The van der Waals surface area contributed by atoms with Gasteiger partial charge >= 0.3 is 0 Å². The topological polar surface area (TPSA) is 6.48 Å². The van der Waals surface area contributed by atoms with Gasteiger partial charge in [-0.1, -0.05) is 91.0 Å². The fourth-order valence-electron chi connectivity index (χ4n) is 4.77. The van der Waals surface area contributed by atoms with Crippen LogP contribution in [-0.4, -0.2) is 0 Å². The molecule has 6 aromatic rings. The SMILES string of the molecule is c1ccc(N(c2ccccc2)c2ccc3c(N(c4ccccc4)c4ccccc4)cccc3c2)cc1. The van der Waals surface area contributed by atoms with Crippen LogP contribution in [0.1, 0.15) is 0 Å². The van der Waals surface area contributed by atoms with Crippen molar-refractivity contribution in [1.82, 2.24) is 0 Å². The second kappa shape index (κ2) is 9.81. The smallest absolute Gasteiger partial charge is 0.0540 e. The van der Waals surface area contributed by atoms with E-state index in [9.17, 15) is 0 Å². The molecule has 0 radical (unpaired) electrons. The fourth-order valence-corrected chi connectivity index (χ4v) is 4.77. The number of hydrogen-bond acceptors (Lipinski definition) is 2. The van der Waals surface area contributed by atoms with E-state index in [0.29, 0.717) is 0 Å². The van der Waals surface area contributed by atoms with E-state index in [1.165, 1.54) is 10.8 Å². The lowest BCUT2D eigenvalue weighted by Crippen LogP contribution is -2.11. The molecule has 0 amide bonds. The molecule has 2 nitrogen and oxygen atoms in total. The Morgan fingerprint density at radius 1 is 0.306 bits per heavy atom. The first-order valence-electron chi connectivity index (χ1n) is 12.2. The number of nitrogens with zero attached hydrogens (tertiary/aromatic N) is 2. The summed E-state index contributed by atoms with van der Waals surface area (Å²) >= 11 is 0. The van der Waals surface area contributed by atoms with Crippen LogP contribution in [0.2, 0.25) is 0 Å². The maximum Gasteiger partial charge on any atom is 0.0540 e. The van der Waals surface area contributed by atoms with Crippen LogP contribution in [0, 0.1) is 0 Å². The van der Waals surface area contributed by atoms with Crippen LogP contribution in [-0.2, 0) is 0 Å². The predicted molar refractivity (Wildman–Crippen MR) is 153 cm³/mol. The molecule has 0 heterocycles. The molecule has 0 aromatic heterocycles. The third-order valence-corrected chi connectivity index (χ3v) is 6.40. The van der Waals surface area contributed by atoms with Crippen LogP contribution in [0.25, 0.3) is 10.8 Å². The Kier molecular flexibility index (Phi) is 5.91. The molecule has 2 heteroatoms. The summed E-state index contributed by atoms with van der Waals surface area (Å²) in [7, 11) is 0. The first kappa shape index (κ1) is 21.7. The maximum atomic E-state index is 2.33. The minimum atomic E-state index is 1.13. The lowest BCUT2D eigenvalue weighted by atomic mass is 10.0.